The van der Waals surface area contributed by atoms with Gasteiger partial charge in [-0.3, -0.25) is 4.90 Å². The fraction of sp³-hybridized carbons (Fsp3) is 0.333. The Kier molecular flexibility index (Phi) is 3.79. The molecule has 1 aliphatic heterocycles. The summed E-state index contributed by atoms with van der Waals surface area (Å²) in [5.74, 6) is -0.315. The van der Waals surface area contributed by atoms with Crippen molar-refractivity contribution >= 4 is 0 Å². The van der Waals surface area contributed by atoms with Crippen molar-refractivity contribution in [3.63, 3.8) is 0 Å². The van der Waals surface area contributed by atoms with Crippen molar-refractivity contribution in [3.8, 4) is 0 Å². The van der Waals surface area contributed by atoms with Crippen LogP contribution in [0.1, 0.15) is 23.1 Å². The van der Waals surface area contributed by atoms with Gasteiger partial charge in [0.15, 0.2) is 0 Å². The molecule has 1 heterocycles. The fourth-order valence-corrected chi connectivity index (χ4v) is 3.06. The summed E-state index contributed by atoms with van der Waals surface area (Å²) in [6.07, 6.45) is 0.570. The number of likely N-dealkylation sites (tertiary alicyclic amines) is 1. The van der Waals surface area contributed by atoms with Crippen LogP contribution in [0.4, 0.5) is 4.39 Å². The second kappa shape index (κ2) is 5.58. The first kappa shape index (κ1) is 14.2. The van der Waals surface area contributed by atoms with E-state index in [0.29, 0.717) is 18.5 Å². The van der Waals surface area contributed by atoms with E-state index in [1.807, 2.05) is 25.1 Å². The number of β-amino-alcohol motifs (C(OH)–C–C–N with tert-alkyl or cyclic N) is 1. The molecule has 1 N–H and O–H groups in total. The lowest BCUT2D eigenvalue weighted by Gasteiger charge is -2.25. The smallest absolute Gasteiger partial charge is 0.129 e. The third-order valence-corrected chi connectivity index (χ3v) is 4.20. The van der Waals surface area contributed by atoms with Crippen LogP contribution in [-0.2, 0) is 12.1 Å². The van der Waals surface area contributed by atoms with Crippen molar-refractivity contribution in [1.82, 2.24) is 4.90 Å². The highest BCUT2D eigenvalue weighted by Gasteiger charge is 2.39. The Morgan fingerprint density at radius 1 is 1.19 bits per heavy atom. The lowest BCUT2D eigenvalue weighted by molar-refractivity contribution is 0.0417. The van der Waals surface area contributed by atoms with Gasteiger partial charge in [-0.25, -0.2) is 4.39 Å². The fourth-order valence-electron chi connectivity index (χ4n) is 3.06. The van der Waals surface area contributed by atoms with Gasteiger partial charge < -0.3 is 5.11 Å². The molecule has 0 spiro atoms. The molecule has 0 saturated carbocycles. The summed E-state index contributed by atoms with van der Waals surface area (Å²) in [7, 11) is 0. The van der Waals surface area contributed by atoms with Crippen molar-refractivity contribution in [1.29, 1.82) is 0 Å². The summed E-state index contributed by atoms with van der Waals surface area (Å²) in [5, 5.41) is 10.8. The van der Waals surface area contributed by atoms with E-state index in [9.17, 15) is 9.50 Å². The molecule has 21 heavy (non-hydrogen) atoms. The number of hydrogen-bond donors (Lipinski definition) is 1. The summed E-state index contributed by atoms with van der Waals surface area (Å²) in [6, 6.07) is 15.1. The Balaban J connectivity index is 1.77. The number of rotatable bonds is 3. The molecule has 1 aliphatic rings. The van der Waals surface area contributed by atoms with Gasteiger partial charge in [-0.05, 0) is 25.0 Å². The molecule has 0 radical (unpaired) electrons. The molecule has 0 aromatic heterocycles. The van der Waals surface area contributed by atoms with E-state index >= 15 is 0 Å². The van der Waals surface area contributed by atoms with Gasteiger partial charge in [-0.1, -0.05) is 48.0 Å². The van der Waals surface area contributed by atoms with Gasteiger partial charge in [0.1, 0.15) is 11.4 Å². The quantitative estimate of drug-likeness (QED) is 0.936. The Bertz CT molecular complexity index is 628. The van der Waals surface area contributed by atoms with Crippen molar-refractivity contribution in [2.24, 2.45) is 0 Å². The predicted molar refractivity (Wildman–Crippen MR) is 81.4 cm³/mol. The summed E-state index contributed by atoms with van der Waals surface area (Å²) in [5.41, 5.74) is 1.54. The van der Waals surface area contributed by atoms with Crippen LogP contribution in [0.3, 0.4) is 0 Å². The van der Waals surface area contributed by atoms with Crippen molar-refractivity contribution in [2.75, 3.05) is 13.1 Å². The maximum Gasteiger partial charge on any atom is 0.129 e. The average Bonchev–Trinajstić information content (AvgIpc) is 2.85. The van der Waals surface area contributed by atoms with Crippen molar-refractivity contribution in [3.05, 3.63) is 71.0 Å². The van der Waals surface area contributed by atoms with Crippen LogP contribution in [-0.4, -0.2) is 23.1 Å². The summed E-state index contributed by atoms with van der Waals surface area (Å²) in [6.45, 7) is 3.96. The van der Waals surface area contributed by atoms with E-state index in [1.165, 1.54) is 11.6 Å². The van der Waals surface area contributed by atoms with E-state index in [0.717, 1.165) is 18.7 Å². The SMILES string of the molecule is Cc1ccc(F)c(C2(O)CCN(Cc3ccccc3)C2)c1. The van der Waals surface area contributed by atoms with Crippen molar-refractivity contribution in [2.45, 2.75) is 25.5 Å². The van der Waals surface area contributed by atoms with Crippen LogP contribution in [0, 0.1) is 12.7 Å². The maximum atomic E-state index is 14.0. The molecule has 1 fully saturated rings. The van der Waals surface area contributed by atoms with Gasteiger partial charge in [0, 0.05) is 25.2 Å². The zero-order valence-corrected chi connectivity index (χ0v) is 12.2. The third kappa shape index (κ3) is 2.99. The van der Waals surface area contributed by atoms with Gasteiger partial charge in [0.05, 0.1) is 0 Å². The maximum absolute atomic E-state index is 14.0. The van der Waals surface area contributed by atoms with Crippen LogP contribution < -0.4 is 0 Å². The molecular formula is C18H20FNO. The van der Waals surface area contributed by atoms with Crippen LogP contribution in [0.5, 0.6) is 0 Å². The van der Waals surface area contributed by atoms with Gasteiger partial charge in [0.2, 0.25) is 0 Å². The number of halogens is 1. The number of aliphatic hydroxyl groups is 1. The standard InChI is InChI=1S/C18H20FNO/c1-14-7-8-17(19)16(11-14)18(21)9-10-20(13-18)12-15-5-3-2-4-6-15/h2-8,11,21H,9-10,12-13H2,1H3. The van der Waals surface area contributed by atoms with E-state index in [1.54, 1.807) is 12.1 Å². The van der Waals surface area contributed by atoms with Crippen LogP contribution in [0.2, 0.25) is 0 Å². The molecule has 110 valence electrons. The molecule has 2 aromatic rings. The highest BCUT2D eigenvalue weighted by Crippen LogP contribution is 2.34. The van der Waals surface area contributed by atoms with Crippen LogP contribution in [0.25, 0.3) is 0 Å². The number of hydrogen-bond acceptors (Lipinski definition) is 2. The molecule has 1 saturated heterocycles. The minimum absolute atomic E-state index is 0.315. The topological polar surface area (TPSA) is 23.5 Å². The number of aryl methyl sites for hydroxylation is 1. The van der Waals surface area contributed by atoms with Gasteiger partial charge in [-0.2, -0.15) is 0 Å². The van der Waals surface area contributed by atoms with E-state index in [2.05, 4.69) is 17.0 Å². The van der Waals surface area contributed by atoms with Crippen molar-refractivity contribution < 1.29 is 9.50 Å². The first-order valence-corrected chi connectivity index (χ1v) is 7.32. The van der Waals surface area contributed by atoms with Gasteiger partial charge >= 0.3 is 0 Å². The van der Waals surface area contributed by atoms with E-state index in [4.69, 9.17) is 0 Å². The monoisotopic (exact) mass is 285 g/mol. The summed E-state index contributed by atoms with van der Waals surface area (Å²) < 4.78 is 14.0. The molecule has 1 unspecified atom stereocenters. The summed E-state index contributed by atoms with van der Waals surface area (Å²) >= 11 is 0. The predicted octanol–water partition coefficient (Wildman–Crippen LogP) is 3.23. The number of nitrogens with zero attached hydrogens (tertiary/aromatic N) is 1. The zero-order chi connectivity index (χ0) is 14.9. The second-order valence-corrected chi connectivity index (χ2v) is 5.96. The molecule has 0 bridgehead atoms. The first-order chi connectivity index (χ1) is 10.1. The highest BCUT2D eigenvalue weighted by molar-refractivity contribution is 5.30. The second-order valence-electron chi connectivity index (χ2n) is 5.96. The van der Waals surface area contributed by atoms with E-state index in [-0.39, 0.29) is 5.82 Å². The Morgan fingerprint density at radius 2 is 1.95 bits per heavy atom. The Morgan fingerprint density at radius 3 is 2.71 bits per heavy atom. The lowest BCUT2D eigenvalue weighted by Crippen LogP contribution is -2.31. The largest absolute Gasteiger partial charge is 0.384 e. The Hall–Kier alpha value is -1.71. The minimum atomic E-state index is -1.08. The van der Waals surface area contributed by atoms with Gasteiger partial charge in [-0.15, -0.1) is 0 Å². The highest BCUT2D eigenvalue weighted by atomic mass is 19.1. The molecular weight excluding hydrogens is 265 g/mol. The molecule has 1 atom stereocenters. The normalized spacial score (nSPS) is 22.6. The molecule has 2 aromatic carbocycles. The lowest BCUT2D eigenvalue weighted by atomic mass is 9.91. The first-order valence-electron chi connectivity index (χ1n) is 7.32. The molecule has 3 heteroatoms. The average molecular weight is 285 g/mol. The minimum Gasteiger partial charge on any atom is -0.384 e. The molecule has 3 rings (SSSR count). The number of benzene rings is 2. The zero-order valence-electron chi connectivity index (χ0n) is 12.2. The third-order valence-electron chi connectivity index (χ3n) is 4.20. The Labute approximate surface area is 124 Å². The summed E-state index contributed by atoms with van der Waals surface area (Å²) in [4.78, 5) is 2.18. The molecule has 0 aliphatic carbocycles. The van der Waals surface area contributed by atoms with Crippen LogP contribution >= 0.6 is 0 Å². The van der Waals surface area contributed by atoms with E-state index < -0.39 is 5.60 Å². The molecule has 0 amide bonds. The van der Waals surface area contributed by atoms with Crippen LogP contribution in [0.15, 0.2) is 48.5 Å². The molecule has 2 nitrogen and oxygen atoms in total. The van der Waals surface area contributed by atoms with Gasteiger partial charge in [0.25, 0.3) is 0 Å².